The van der Waals surface area contributed by atoms with Crippen LogP contribution < -0.4 is 0 Å². The van der Waals surface area contributed by atoms with Crippen molar-refractivity contribution in [3.8, 4) is 0 Å². The third-order valence-corrected chi connectivity index (χ3v) is 3.60. The van der Waals surface area contributed by atoms with Crippen molar-refractivity contribution in [2.24, 2.45) is 0 Å². The predicted molar refractivity (Wildman–Crippen MR) is 68.7 cm³/mol. The summed E-state index contributed by atoms with van der Waals surface area (Å²) < 4.78 is 5.16. The summed E-state index contributed by atoms with van der Waals surface area (Å²) in [6, 6.07) is 3.35. The van der Waals surface area contributed by atoms with Crippen LogP contribution in [0.25, 0.3) is 0 Å². The normalized spacial score (nSPS) is 16.8. The van der Waals surface area contributed by atoms with Gasteiger partial charge in [0.05, 0.1) is 6.61 Å². The molecule has 1 aromatic rings. The van der Waals surface area contributed by atoms with E-state index in [9.17, 15) is 4.79 Å². The Morgan fingerprint density at radius 1 is 1.39 bits per heavy atom. The van der Waals surface area contributed by atoms with E-state index in [0.717, 1.165) is 25.7 Å². The summed E-state index contributed by atoms with van der Waals surface area (Å²) in [5.41, 5.74) is 0. The Morgan fingerprint density at radius 2 is 2.11 bits per heavy atom. The molecule has 1 saturated carbocycles. The number of hydrogen-bond acceptors (Lipinski definition) is 3. The number of rotatable bonds is 4. The fourth-order valence-electron chi connectivity index (χ4n) is 2.52. The molecule has 1 amide bonds. The molecule has 1 heterocycles. The molecule has 1 fully saturated rings. The number of furan rings is 1. The summed E-state index contributed by atoms with van der Waals surface area (Å²) in [7, 11) is 0. The second-order valence-corrected chi connectivity index (χ2v) is 4.99. The summed E-state index contributed by atoms with van der Waals surface area (Å²) >= 11 is 5.69. The third-order valence-electron chi connectivity index (χ3n) is 3.40. The minimum Gasteiger partial charge on any atom is -0.440 e. The standard InChI is InChI=1S/C13H18ClNO3/c14-12-7-6-11(18-12)13(17)15(8-9-16)10-4-2-1-3-5-10/h6-7,10,16H,1-5,8-9H2. The smallest absolute Gasteiger partial charge is 0.289 e. The first-order valence-electron chi connectivity index (χ1n) is 6.39. The SMILES string of the molecule is O=C(c1ccc(Cl)o1)N(CCO)C1CCCCC1. The van der Waals surface area contributed by atoms with E-state index in [1.807, 2.05) is 0 Å². The Morgan fingerprint density at radius 3 is 2.67 bits per heavy atom. The number of halogens is 1. The van der Waals surface area contributed by atoms with Gasteiger partial charge in [-0.15, -0.1) is 0 Å². The number of amides is 1. The van der Waals surface area contributed by atoms with Crippen LogP contribution in [0.4, 0.5) is 0 Å². The third kappa shape index (κ3) is 3.06. The Bertz CT molecular complexity index is 399. The van der Waals surface area contributed by atoms with Gasteiger partial charge < -0.3 is 14.4 Å². The van der Waals surface area contributed by atoms with Gasteiger partial charge in [0.15, 0.2) is 11.0 Å². The lowest BCUT2D eigenvalue weighted by Gasteiger charge is -2.33. The van der Waals surface area contributed by atoms with Gasteiger partial charge in [-0.2, -0.15) is 0 Å². The zero-order chi connectivity index (χ0) is 13.0. The molecule has 0 saturated heterocycles. The van der Waals surface area contributed by atoms with Crippen LogP contribution in [0.15, 0.2) is 16.5 Å². The van der Waals surface area contributed by atoms with E-state index in [4.69, 9.17) is 21.1 Å². The summed E-state index contributed by atoms with van der Waals surface area (Å²) in [5, 5.41) is 9.33. The van der Waals surface area contributed by atoms with Gasteiger partial charge in [-0.05, 0) is 36.6 Å². The summed E-state index contributed by atoms with van der Waals surface area (Å²) in [6.45, 7) is 0.318. The van der Waals surface area contributed by atoms with E-state index in [2.05, 4.69) is 0 Å². The van der Waals surface area contributed by atoms with Crippen LogP contribution in [0.2, 0.25) is 5.22 Å². The lowest BCUT2D eigenvalue weighted by molar-refractivity contribution is 0.0554. The maximum Gasteiger partial charge on any atom is 0.289 e. The number of aliphatic hydroxyl groups excluding tert-OH is 1. The van der Waals surface area contributed by atoms with Crippen molar-refractivity contribution >= 4 is 17.5 Å². The molecular weight excluding hydrogens is 254 g/mol. The number of carbonyl (C=O) groups is 1. The minimum atomic E-state index is -0.178. The average molecular weight is 272 g/mol. The van der Waals surface area contributed by atoms with Crippen molar-refractivity contribution in [1.82, 2.24) is 4.90 Å². The molecule has 0 bridgehead atoms. The molecule has 5 heteroatoms. The summed E-state index contributed by atoms with van der Waals surface area (Å²) in [4.78, 5) is 14.0. The second kappa shape index (κ2) is 6.25. The zero-order valence-corrected chi connectivity index (χ0v) is 11.0. The molecule has 1 aromatic heterocycles. The van der Waals surface area contributed by atoms with Gasteiger partial charge in [-0.25, -0.2) is 0 Å². The maximum absolute atomic E-state index is 12.3. The highest BCUT2D eigenvalue weighted by Gasteiger charge is 2.27. The van der Waals surface area contributed by atoms with Crippen LogP contribution in [0, 0.1) is 0 Å². The second-order valence-electron chi connectivity index (χ2n) is 4.62. The lowest BCUT2D eigenvalue weighted by Crippen LogP contribution is -2.43. The fourth-order valence-corrected chi connectivity index (χ4v) is 2.67. The van der Waals surface area contributed by atoms with Gasteiger partial charge in [-0.1, -0.05) is 19.3 Å². The monoisotopic (exact) mass is 271 g/mol. The first-order valence-corrected chi connectivity index (χ1v) is 6.77. The Hall–Kier alpha value is -1.00. The van der Waals surface area contributed by atoms with Crippen LogP contribution in [0.3, 0.4) is 0 Å². The van der Waals surface area contributed by atoms with Gasteiger partial charge in [0.25, 0.3) is 5.91 Å². The van der Waals surface area contributed by atoms with E-state index in [1.165, 1.54) is 6.42 Å². The molecule has 100 valence electrons. The van der Waals surface area contributed by atoms with E-state index in [0.29, 0.717) is 6.54 Å². The van der Waals surface area contributed by atoms with E-state index < -0.39 is 0 Å². The van der Waals surface area contributed by atoms with Crippen molar-refractivity contribution in [1.29, 1.82) is 0 Å². The molecule has 0 aliphatic heterocycles. The highest BCUT2D eigenvalue weighted by molar-refractivity contribution is 6.29. The average Bonchev–Trinajstić information content (AvgIpc) is 2.83. The van der Waals surface area contributed by atoms with Crippen LogP contribution in [-0.4, -0.2) is 35.1 Å². The molecule has 0 aromatic carbocycles. The molecule has 1 aliphatic rings. The van der Waals surface area contributed by atoms with E-state index >= 15 is 0 Å². The number of hydrogen-bond donors (Lipinski definition) is 1. The quantitative estimate of drug-likeness (QED) is 0.916. The molecule has 0 unspecified atom stereocenters. The largest absolute Gasteiger partial charge is 0.440 e. The van der Waals surface area contributed by atoms with Gasteiger partial charge in [-0.3, -0.25) is 4.79 Å². The van der Waals surface area contributed by atoms with Crippen LogP contribution >= 0.6 is 11.6 Å². The van der Waals surface area contributed by atoms with Crippen LogP contribution in [-0.2, 0) is 0 Å². The molecule has 1 N–H and O–H groups in total. The molecule has 0 radical (unpaired) electrons. The Balaban J connectivity index is 2.10. The van der Waals surface area contributed by atoms with Gasteiger partial charge in [0, 0.05) is 12.6 Å². The fraction of sp³-hybridized carbons (Fsp3) is 0.615. The topological polar surface area (TPSA) is 53.7 Å². The Labute approximate surface area is 112 Å². The molecule has 0 atom stereocenters. The molecular formula is C13H18ClNO3. The number of carbonyl (C=O) groups excluding carboxylic acids is 1. The molecule has 18 heavy (non-hydrogen) atoms. The van der Waals surface area contributed by atoms with Gasteiger partial charge in [0.1, 0.15) is 0 Å². The van der Waals surface area contributed by atoms with E-state index in [1.54, 1.807) is 17.0 Å². The van der Waals surface area contributed by atoms with Crippen LogP contribution in [0.5, 0.6) is 0 Å². The van der Waals surface area contributed by atoms with Crippen molar-refractivity contribution in [3.63, 3.8) is 0 Å². The zero-order valence-electron chi connectivity index (χ0n) is 10.3. The van der Waals surface area contributed by atoms with Crippen molar-refractivity contribution < 1.29 is 14.3 Å². The van der Waals surface area contributed by atoms with Crippen molar-refractivity contribution in [2.45, 2.75) is 38.1 Å². The number of nitrogens with zero attached hydrogens (tertiary/aromatic N) is 1. The van der Waals surface area contributed by atoms with Crippen LogP contribution in [0.1, 0.15) is 42.7 Å². The van der Waals surface area contributed by atoms with Gasteiger partial charge >= 0.3 is 0 Å². The van der Waals surface area contributed by atoms with Crippen molar-refractivity contribution in [3.05, 3.63) is 23.1 Å². The lowest BCUT2D eigenvalue weighted by atomic mass is 9.94. The highest BCUT2D eigenvalue weighted by Crippen LogP contribution is 2.24. The summed E-state index contributed by atoms with van der Waals surface area (Å²) in [5.74, 6) is 0.0712. The summed E-state index contributed by atoms with van der Waals surface area (Å²) in [6.07, 6.45) is 5.50. The van der Waals surface area contributed by atoms with Crippen molar-refractivity contribution in [2.75, 3.05) is 13.2 Å². The molecule has 0 spiro atoms. The number of aliphatic hydroxyl groups is 1. The minimum absolute atomic E-state index is 0.0311. The molecule has 1 aliphatic carbocycles. The predicted octanol–water partition coefficient (Wildman–Crippen LogP) is 2.70. The molecule has 4 nitrogen and oxygen atoms in total. The Kier molecular flexibility index (Phi) is 4.66. The van der Waals surface area contributed by atoms with E-state index in [-0.39, 0.29) is 29.5 Å². The maximum atomic E-state index is 12.3. The van der Waals surface area contributed by atoms with Gasteiger partial charge in [0.2, 0.25) is 0 Å². The highest BCUT2D eigenvalue weighted by atomic mass is 35.5. The molecule has 2 rings (SSSR count). The first-order chi connectivity index (χ1) is 8.72. The first kappa shape index (κ1) is 13.4.